The Morgan fingerprint density at radius 1 is 1.23 bits per heavy atom. The van der Waals surface area contributed by atoms with Gasteiger partial charge in [-0.1, -0.05) is 64.5 Å². The van der Waals surface area contributed by atoms with Crippen molar-refractivity contribution >= 4 is 24.1 Å². The minimum atomic E-state index is -3.89. The molecule has 0 aromatic heterocycles. The molecule has 1 aromatic rings. The molecular formula is C24H37NO4SSi. The molecule has 7 heteroatoms. The van der Waals surface area contributed by atoms with E-state index in [4.69, 9.17) is 4.43 Å². The zero-order valence-electron chi connectivity index (χ0n) is 20.1. The van der Waals surface area contributed by atoms with Crippen molar-refractivity contribution in [2.45, 2.75) is 77.0 Å². The van der Waals surface area contributed by atoms with Gasteiger partial charge in [-0.3, -0.25) is 9.10 Å². The van der Waals surface area contributed by atoms with E-state index in [1.807, 2.05) is 20.8 Å². The molecule has 1 atom stereocenters. The molecule has 0 saturated heterocycles. The van der Waals surface area contributed by atoms with Gasteiger partial charge in [0.25, 0.3) is 10.0 Å². The van der Waals surface area contributed by atoms with E-state index in [2.05, 4.69) is 33.9 Å². The van der Waals surface area contributed by atoms with Gasteiger partial charge in [-0.25, -0.2) is 8.42 Å². The summed E-state index contributed by atoms with van der Waals surface area (Å²) in [6.07, 6.45) is 5.46. The number of carbonyl (C=O) groups excluding carboxylic acids is 1. The summed E-state index contributed by atoms with van der Waals surface area (Å²) < 4.78 is 34.8. The molecule has 1 aromatic carbocycles. The van der Waals surface area contributed by atoms with E-state index in [0.29, 0.717) is 6.42 Å². The smallest absolute Gasteiger partial charge is 0.264 e. The number of allylic oxidation sites excluding steroid dienone is 2. The summed E-state index contributed by atoms with van der Waals surface area (Å²) >= 11 is 0. The van der Waals surface area contributed by atoms with Crippen LogP contribution in [0.3, 0.4) is 0 Å². The number of nitrogens with zero attached hydrogens (tertiary/aromatic N) is 1. The molecule has 0 radical (unpaired) electrons. The summed E-state index contributed by atoms with van der Waals surface area (Å²) in [4.78, 5) is 13.1. The van der Waals surface area contributed by atoms with Crippen molar-refractivity contribution in [3.8, 4) is 0 Å². The number of rotatable bonds is 8. The minimum Gasteiger partial charge on any atom is -0.415 e. The van der Waals surface area contributed by atoms with Gasteiger partial charge in [0.2, 0.25) is 5.78 Å². The first-order chi connectivity index (χ1) is 14.2. The highest BCUT2D eigenvalue weighted by molar-refractivity contribution is 7.89. The van der Waals surface area contributed by atoms with Crippen molar-refractivity contribution in [3.63, 3.8) is 0 Å². The van der Waals surface area contributed by atoms with Crippen LogP contribution in [0.5, 0.6) is 0 Å². The lowest BCUT2D eigenvalue weighted by atomic mass is 10.1. The molecule has 5 nitrogen and oxygen atoms in total. The van der Waals surface area contributed by atoms with Crippen molar-refractivity contribution in [2.24, 2.45) is 5.92 Å². The maximum Gasteiger partial charge on any atom is 0.264 e. The summed E-state index contributed by atoms with van der Waals surface area (Å²) in [6.45, 7) is 16.9. The Morgan fingerprint density at radius 2 is 1.81 bits per heavy atom. The first-order valence-electron chi connectivity index (χ1n) is 10.8. The predicted octanol–water partition coefficient (Wildman–Crippen LogP) is 5.45. The number of hydrogen-bond donors (Lipinski definition) is 0. The van der Waals surface area contributed by atoms with Crippen LogP contribution < -0.4 is 0 Å². The lowest BCUT2D eigenvalue weighted by Gasteiger charge is -2.38. The molecule has 0 unspecified atom stereocenters. The second-order valence-electron chi connectivity index (χ2n) is 10.1. The highest BCUT2D eigenvalue weighted by atomic mass is 32.2. The van der Waals surface area contributed by atoms with Gasteiger partial charge in [-0.15, -0.1) is 0 Å². The largest absolute Gasteiger partial charge is 0.415 e. The zero-order chi connectivity index (χ0) is 23.6. The predicted molar refractivity (Wildman–Crippen MR) is 129 cm³/mol. The maximum atomic E-state index is 13.6. The lowest BCUT2D eigenvalue weighted by Crippen LogP contribution is -2.46. The van der Waals surface area contributed by atoms with Crippen molar-refractivity contribution in [2.75, 3.05) is 6.61 Å². The summed E-state index contributed by atoms with van der Waals surface area (Å²) in [7, 11) is -5.97. The normalized spacial score (nSPS) is 18.2. The van der Waals surface area contributed by atoms with Gasteiger partial charge in [0.05, 0.1) is 23.2 Å². The van der Waals surface area contributed by atoms with E-state index in [1.165, 1.54) is 10.4 Å². The minimum absolute atomic E-state index is 0.0122. The third-order valence-electron chi connectivity index (χ3n) is 6.06. The summed E-state index contributed by atoms with van der Waals surface area (Å²) in [5.41, 5.74) is 1.19. The van der Waals surface area contributed by atoms with Crippen LogP contribution in [0.4, 0.5) is 0 Å². The molecule has 1 aliphatic rings. The SMILES string of the molecule is Cc1ccc(S(=O)(=O)N2C(C(=O)/C=C/C(C)C)=CC[C@H]2CO[Si](C)(C)C(C)(C)C)cc1. The van der Waals surface area contributed by atoms with Gasteiger partial charge in [-0.2, -0.15) is 0 Å². The monoisotopic (exact) mass is 463 g/mol. The maximum absolute atomic E-state index is 13.6. The lowest BCUT2D eigenvalue weighted by molar-refractivity contribution is -0.112. The molecule has 0 N–H and O–H groups in total. The highest BCUT2D eigenvalue weighted by Crippen LogP contribution is 2.38. The van der Waals surface area contributed by atoms with Gasteiger partial charge >= 0.3 is 0 Å². The fourth-order valence-electron chi connectivity index (χ4n) is 3.01. The molecule has 0 spiro atoms. The van der Waals surface area contributed by atoms with Gasteiger partial charge in [0.15, 0.2) is 8.32 Å². The standard InChI is InChI=1S/C24H37NO4SSi/c1-18(2)9-16-23(26)22-15-12-20(17-29-31(7,8)24(4,5)6)25(22)30(27,28)21-13-10-19(3)11-14-21/h9-11,13-16,18,20H,12,17H2,1-8H3/b16-9+/t20-/m0/s1. The van der Waals surface area contributed by atoms with E-state index in [9.17, 15) is 13.2 Å². The van der Waals surface area contributed by atoms with Crippen LogP contribution in [-0.2, 0) is 19.2 Å². The molecule has 0 aliphatic carbocycles. The average Bonchev–Trinajstić information content (AvgIpc) is 3.09. The van der Waals surface area contributed by atoms with Crippen molar-refractivity contribution < 1.29 is 17.6 Å². The molecule has 31 heavy (non-hydrogen) atoms. The van der Waals surface area contributed by atoms with Crippen LogP contribution in [0.25, 0.3) is 0 Å². The number of ketones is 1. The third kappa shape index (κ3) is 5.96. The fourth-order valence-corrected chi connectivity index (χ4v) is 5.72. The second kappa shape index (κ2) is 9.43. The number of aryl methyl sites for hydroxylation is 1. The number of carbonyl (C=O) groups is 1. The fraction of sp³-hybridized carbons (Fsp3) is 0.542. The molecule has 1 heterocycles. The quantitative estimate of drug-likeness (QED) is 0.380. The third-order valence-corrected chi connectivity index (χ3v) is 12.4. The molecule has 0 fully saturated rings. The number of sulfonamides is 1. The molecular weight excluding hydrogens is 426 g/mol. The van der Waals surface area contributed by atoms with E-state index >= 15 is 0 Å². The summed E-state index contributed by atoms with van der Waals surface area (Å²) in [6, 6.07) is 6.30. The van der Waals surface area contributed by atoms with Gasteiger partial charge < -0.3 is 4.43 Å². The Kier molecular flexibility index (Phi) is 7.77. The second-order valence-corrected chi connectivity index (χ2v) is 16.8. The Morgan fingerprint density at radius 3 is 2.32 bits per heavy atom. The van der Waals surface area contributed by atoms with Crippen molar-refractivity contribution in [1.29, 1.82) is 0 Å². The summed E-state index contributed by atoms with van der Waals surface area (Å²) in [5, 5.41) is 0.0122. The first-order valence-corrected chi connectivity index (χ1v) is 15.2. The van der Waals surface area contributed by atoms with E-state index in [1.54, 1.807) is 36.4 Å². The van der Waals surface area contributed by atoms with Crippen LogP contribution in [0.15, 0.2) is 53.1 Å². The molecule has 0 saturated carbocycles. The Bertz CT molecular complexity index is 954. The molecule has 0 amide bonds. The van der Waals surface area contributed by atoms with E-state index in [-0.39, 0.29) is 33.9 Å². The number of benzene rings is 1. The van der Waals surface area contributed by atoms with E-state index < -0.39 is 24.4 Å². The van der Waals surface area contributed by atoms with Gasteiger partial charge in [0.1, 0.15) is 0 Å². The summed E-state index contributed by atoms with van der Waals surface area (Å²) in [5.74, 6) is -0.0926. The average molecular weight is 464 g/mol. The van der Waals surface area contributed by atoms with Crippen LogP contribution in [0, 0.1) is 12.8 Å². The topological polar surface area (TPSA) is 63.7 Å². The van der Waals surface area contributed by atoms with Crippen LogP contribution >= 0.6 is 0 Å². The van der Waals surface area contributed by atoms with Crippen LogP contribution in [0.2, 0.25) is 18.1 Å². The van der Waals surface area contributed by atoms with Crippen molar-refractivity contribution in [3.05, 3.63) is 53.8 Å². The van der Waals surface area contributed by atoms with Crippen molar-refractivity contribution in [1.82, 2.24) is 4.31 Å². The molecule has 1 aliphatic heterocycles. The molecule has 2 rings (SSSR count). The Balaban J connectivity index is 2.40. The molecule has 0 bridgehead atoms. The zero-order valence-corrected chi connectivity index (χ0v) is 21.9. The van der Waals surface area contributed by atoms with Crippen LogP contribution in [0.1, 0.15) is 46.6 Å². The Hall–Kier alpha value is -1.70. The molecule has 172 valence electrons. The van der Waals surface area contributed by atoms with E-state index in [0.717, 1.165) is 5.56 Å². The first kappa shape index (κ1) is 25.6. The van der Waals surface area contributed by atoms with Gasteiger partial charge in [0, 0.05) is 0 Å². The Labute approximate surface area is 189 Å². The highest BCUT2D eigenvalue weighted by Gasteiger charge is 2.42. The van der Waals surface area contributed by atoms with Crippen LogP contribution in [-0.4, -0.2) is 39.5 Å². The van der Waals surface area contributed by atoms with Gasteiger partial charge in [-0.05, 0) is 55.6 Å². The number of hydrogen-bond acceptors (Lipinski definition) is 4.